The number of nitrogens with zero attached hydrogens (tertiary/aromatic N) is 8. The van der Waals surface area contributed by atoms with E-state index >= 15 is 9.59 Å². The van der Waals surface area contributed by atoms with Crippen LogP contribution in [0.15, 0.2) is 35.8 Å². The van der Waals surface area contributed by atoms with Crippen molar-refractivity contribution in [3.05, 3.63) is 52.1 Å². The zero-order valence-electron chi connectivity index (χ0n) is 48.2. The van der Waals surface area contributed by atoms with Crippen molar-refractivity contribution in [2.24, 2.45) is 16.7 Å². The number of thiazole rings is 1. The summed E-state index contributed by atoms with van der Waals surface area (Å²) in [5.74, 6) is -0.704. The molecule has 5 saturated heterocycles. The van der Waals surface area contributed by atoms with Crippen LogP contribution in [0.25, 0.3) is 33.4 Å². The second kappa shape index (κ2) is 22.7. The summed E-state index contributed by atoms with van der Waals surface area (Å²) in [6, 6.07) is 7.41. The molecular formula is C61H86N10O7S. The number of nitrogens with one attached hydrogen (secondary N) is 2. The van der Waals surface area contributed by atoms with E-state index in [9.17, 15) is 9.59 Å². The number of methoxy groups -OCH3 is 1. The van der Waals surface area contributed by atoms with Crippen molar-refractivity contribution >= 4 is 51.8 Å². The van der Waals surface area contributed by atoms with Crippen LogP contribution < -0.4 is 15.6 Å². The fraction of sp³-hybridized carbons (Fsp3) is 0.672. The lowest BCUT2D eigenvalue weighted by molar-refractivity contribution is -0.155. The Labute approximate surface area is 471 Å². The topological polar surface area (TPSA) is 167 Å². The Morgan fingerprint density at radius 3 is 2.54 bits per heavy atom. The molecule has 2 N–H and O–H groups in total. The molecule has 6 bridgehead atoms. The number of aryl methyl sites for hydroxylation is 1. The minimum atomic E-state index is -0.948. The lowest BCUT2D eigenvalue weighted by Gasteiger charge is -2.45. The number of pyridine rings is 1. The minimum absolute atomic E-state index is 0.125. The van der Waals surface area contributed by atoms with Crippen LogP contribution in [0.2, 0.25) is 0 Å². The number of hydrogen-bond acceptors (Lipinski definition) is 14. The predicted octanol–water partition coefficient (Wildman–Crippen LogP) is 8.77. The van der Waals surface area contributed by atoms with Crippen LogP contribution in [0.3, 0.4) is 0 Å². The standard InChI is InChI=1S/C61H86N10O7S/c1-9-70-50-20-19-41-29-44(50)46(54(70)45-30-43(33-62-52(45)39(2)76-8)67-28-27-66-23-13-12-17-42(66)34-67)32-60(6,7)38-77-57(74)47-18-14-24-71(65-47)56(73)48(31-51-63-49(41)35-79-51)64-55(72)53(40-15-10-11-16-40)68-25-21-61(36-68)22-26-69(37-61)58(75)78-59(3,4)5/h19-20,29-30,33,35,39-40,42,47-48,53,65H,9-18,21-28,31-32,34,36-38H2,1-8H3,(H,64,72)/t39-,42+,47-,48-,53-,61-/m0/s1. The number of aromatic nitrogens is 3. The zero-order chi connectivity index (χ0) is 55.4. The van der Waals surface area contributed by atoms with Crippen LogP contribution in [0.1, 0.15) is 141 Å². The Morgan fingerprint density at radius 1 is 0.962 bits per heavy atom. The molecule has 9 heterocycles. The highest BCUT2D eigenvalue weighted by Gasteiger charge is 2.50. The van der Waals surface area contributed by atoms with Crippen LogP contribution >= 0.6 is 11.3 Å². The van der Waals surface area contributed by atoms with Gasteiger partial charge in [0.25, 0.3) is 5.91 Å². The predicted molar refractivity (Wildman–Crippen MR) is 308 cm³/mol. The van der Waals surface area contributed by atoms with Gasteiger partial charge in [-0.1, -0.05) is 39.2 Å². The van der Waals surface area contributed by atoms with Gasteiger partial charge in [-0.2, -0.15) is 0 Å². The van der Waals surface area contributed by atoms with Gasteiger partial charge in [-0.3, -0.25) is 34.2 Å². The highest BCUT2D eigenvalue weighted by Crippen LogP contribution is 2.45. The highest BCUT2D eigenvalue weighted by molar-refractivity contribution is 7.10. The molecule has 6 aliphatic heterocycles. The summed E-state index contributed by atoms with van der Waals surface area (Å²) < 4.78 is 20.6. The lowest BCUT2D eigenvalue weighted by atomic mass is 9.84. The number of carbonyl (C=O) groups excluding carboxylic acids is 4. The molecule has 79 heavy (non-hydrogen) atoms. The molecule has 6 atom stereocenters. The third-order valence-electron chi connectivity index (χ3n) is 18.5. The van der Waals surface area contributed by atoms with Gasteiger partial charge >= 0.3 is 12.1 Å². The summed E-state index contributed by atoms with van der Waals surface area (Å²) in [4.78, 5) is 77.6. The Morgan fingerprint density at radius 2 is 1.76 bits per heavy atom. The van der Waals surface area contributed by atoms with Crippen molar-refractivity contribution in [2.75, 3.05) is 77.5 Å². The van der Waals surface area contributed by atoms with Gasteiger partial charge < -0.3 is 33.9 Å². The van der Waals surface area contributed by atoms with Crippen molar-refractivity contribution in [3.8, 4) is 22.5 Å². The maximum Gasteiger partial charge on any atom is 0.410 e. The molecule has 3 amide bonds. The number of anilines is 1. The number of piperazine rings is 1. The van der Waals surface area contributed by atoms with Crippen LogP contribution in [0, 0.1) is 16.7 Å². The second-order valence-corrected chi connectivity index (χ2v) is 26.9. The maximum absolute atomic E-state index is 15.2. The number of ether oxygens (including phenoxy) is 3. The molecule has 0 radical (unpaired) electrons. The summed E-state index contributed by atoms with van der Waals surface area (Å²) in [7, 11) is 1.75. The number of fused-ring (bicyclic) bond motifs is 7. The van der Waals surface area contributed by atoms with E-state index in [0.29, 0.717) is 58.0 Å². The van der Waals surface area contributed by atoms with Crippen molar-refractivity contribution in [2.45, 2.75) is 174 Å². The monoisotopic (exact) mass is 1100 g/mol. The van der Waals surface area contributed by atoms with E-state index in [-0.39, 0.29) is 48.4 Å². The molecule has 1 aromatic carbocycles. The molecule has 1 saturated carbocycles. The largest absolute Gasteiger partial charge is 0.464 e. The Kier molecular flexibility index (Phi) is 16.0. The molecule has 3 aromatic heterocycles. The second-order valence-electron chi connectivity index (χ2n) is 26.0. The number of carbonyl (C=O) groups is 4. The van der Waals surface area contributed by atoms with Gasteiger partial charge in [0.05, 0.1) is 52.7 Å². The molecule has 4 aromatic rings. The summed E-state index contributed by atoms with van der Waals surface area (Å²) in [5, 5.41) is 8.78. The van der Waals surface area contributed by atoms with Crippen LogP contribution in [-0.4, -0.2) is 161 Å². The number of cyclic esters (lactones) is 1. The first-order chi connectivity index (χ1) is 37.9. The van der Waals surface area contributed by atoms with Crippen molar-refractivity contribution < 1.29 is 33.4 Å². The summed E-state index contributed by atoms with van der Waals surface area (Å²) in [6.07, 6.45) is 12.9. The SMILES string of the molecule is CCn1c(-c2cc(N3CCN4CCCC[C@@H]4C3)cnc2[C@H](C)OC)c2c3cc(ccc31)-c1csc(n1)C[C@H](NC(=O)[C@H](C1CCCC1)N1CC[C@]3(CCN(C(=O)OC(C)(C)C)C3)C1)C(=O)N1CCC[C@H](N1)C(=O)OCC(C)(C)C2. The van der Waals surface area contributed by atoms with E-state index in [1.54, 1.807) is 7.11 Å². The highest BCUT2D eigenvalue weighted by atomic mass is 32.1. The summed E-state index contributed by atoms with van der Waals surface area (Å²) in [5.41, 5.74) is 10.2. The number of hydrogen-bond donors (Lipinski definition) is 2. The number of hydrazine groups is 1. The van der Waals surface area contributed by atoms with Gasteiger partial charge in [0.2, 0.25) is 5.91 Å². The average molecular weight is 1100 g/mol. The van der Waals surface area contributed by atoms with Crippen molar-refractivity contribution in [1.82, 2.24) is 45.0 Å². The van der Waals surface area contributed by atoms with Crippen molar-refractivity contribution in [1.29, 1.82) is 0 Å². The lowest BCUT2D eigenvalue weighted by Crippen LogP contribution is -2.62. The third kappa shape index (κ3) is 11.7. The van der Waals surface area contributed by atoms with E-state index < -0.39 is 35.1 Å². The maximum atomic E-state index is 15.2. The van der Waals surface area contributed by atoms with Crippen molar-refractivity contribution in [3.63, 3.8) is 0 Å². The molecule has 428 valence electrons. The minimum Gasteiger partial charge on any atom is -0.464 e. The van der Waals surface area contributed by atoms with E-state index in [2.05, 4.69) is 87.3 Å². The molecular weight excluding hydrogens is 1020 g/mol. The zero-order valence-corrected chi connectivity index (χ0v) is 49.1. The first-order valence-electron chi connectivity index (χ1n) is 29.8. The summed E-state index contributed by atoms with van der Waals surface area (Å²) in [6.45, 7) is 22.4. The molecule has 7 aliphatic rings. The Balaban J connectivity index is 0.937. The van der Waals surface area contributed by atoms with Crippen LogP contribution in [0.5, 0.6) is 0 Å². The fourth-order valence-electron chi connectivity index (χ4n) is 14.3. The molecule has 0 unspecified atom stereocenters. The van der Waals surface area contributed by atoms with Crippen LogP contribution in [0.4, 0.5) is 10.5 Å². The Bertz CT molecular complexity index is 2910. The normalized spacial score (nSPS) is 26.3. The molecule has 6 fully saturated rings. The molecule has 1 spiro atoms. The van der Waals surface area contributed by atoms with E-state index in [1.165, 1.54) is 42.2 Å². The molecule has 1 aliphatic carbocycles. The Hall–Kier alpha value is -5.14. The number of amides is 3. The number of esters is 1. The van der Waals surface area contributed by atoms with Gasteiger partial charge in [-0.05, 0) is 135 Å². The van der Waals surface area contributed by atoms with E-state index in [4.69, 9.17) is 24.2 Å². The van der Waals surface area contributed by atoms with E-state index in [0.717, 1.165) is 120 Å². The van der Waals surface area contributed by atoms with E-state index in [1.807, 2.05) is 31.9 Å². The number of likely N-dealkylation sites (tertiary alicyclic amines) is 2. The molecule has 18 heteroatoms. The smallest absolute Gasteiger partial charge is 0.410 e. The number of benzene rings is 1. The van der Waals surface area contributed by atoms with Gasteiger partial charge in [0.15, 0.2) is 0 Å². The van der Waals surface area contributed by atoms with Gasteiger partial charge in [-0.25, -0.2) is 15.2 Å². The number of rotatable bonds is 9. The number of piperidine rings is 1. The van der Waals surface area contributed by atoms with Gasteiger partial charge in [0, 0.05) is 110 Å². The first-order valence-corrected chi connectivity index (χ1v) is 30.7. The summed E-state index contributed by atoms with van der Waals surface area (Å²) >= 11 is 1.50. The third-order valence-corrected chi connectivity index (χ3v) is 19.4. The fourth-order valence-corrected chi connectivity index (χ4v) is 15.2. The van der Waals surface area contributed by atoms with Gasteiger partial charge in [-0.15, -0.1) is 11.3 Å². The van der Waals surface area contributed by atoms with Gasteiger partial charge in [0.1, 0.15) is 17.7 Å². The molecule has 11 rings (SSSR count). The average Bonchev–Trinajstić information content (AvgIpc) is 4.52. The first kappa shape index (κ1) is 55.8. The van der Waals surface area contributed by atoms with Crippen LogP contribution in [-0.2, 0) is 48.0 Å². The quantitative estimate of drug-likeness (QED) is 0.153. The molecule has 17 nitrogen and oxygen atoms in total.